The van der Waals surface area contributed by atoms with E-state index in [1.54, 1.807) is 6.92 Å². The zero-order valence-corrected chi connectivity index (χ0v) is 9.90. The van der Waals surface area contributed by atoms with Crippen LogP contribution in [0.5, 0.6) is 0 Å². The Bertz CT molecular complexity index is 541. The number of hydrogen-bond acceptors (Lipinski definition) is 4. The molecule has 0 atom stereocenters. The van der Waals surface area contributed by atoms with Crippen molar-refractivity contribution in [1.82, 2.24) is 9.55 Å². The van der Waals surface area contributed by atoms with E-state index >= 15 is 0 Å². The number of H-pyrrole nitrogens is 1. The number of rotatable bonds is 4. The van der Waals surface area contributed by atoms with E-state index in [1.807, 2.05) is 0 Å². The SMILES string of the molecule is CCS(=O)(=O)CCn1ccc(=O)[nH]c1=S. The first-order valence-corrected chi connectivity index (χ1v) is 6.68. The third-order valence-electron chi connectivity index (χ3n) is 1.98. The molecule has 15 heavy (non-hydrogen) atoms. The fourth-order valence-electron chi connectivity index (χ4n) is 1.00. The molecule has 1 aromatic heterocycles. The Morgan fingerprint density at radius 1 is 1.53 bits per heavy atom. The molecule has 0 amide bonds. The first-order valence-electron chi connectivity index (χ1n) is 4.45. The first-order chi connectivity index (χ1) is 6.94. The molecule has 0 aliphatic heterocycles. The van der Waals surface area contributed by atoms with E-state index in [4.69, 9.17) is 12.2 Å². The third-order valence-corrected chi connectivity index (χ3v) is 4.00. The molecular formula is C8H12N2O3S2. The van der Waals surface area contributed by atoms with Crippen LogP contribution in [0.25, 0.3) is 0 Å². The van der Waals surface area contributed by atoms with Gasteiger partial charge in [-0.1, -0.05) is 6.92 Å². The normalized spacial score (nSPS) is 11.5. The molecule has 7 heteroatoms. The Morgan fingerprint density at radius 2 is 2.20 bits per heavy atom. The summed E-state index contributed by atoms with van der Waals surface area (Å²) in [5.41, 5.74) is -0.283. The van der Waals surface area contributed by atoms with Crippen molar-refractivity contribution in [3.8, 4) is 0 Å². The maximum absolute atomic E-state index is 11.2. The van der Waals surface area contributed by atoms with E-state index in [2.05, 4.69) is 4.98 Å². The lowest BCUT2D eigenvalue weighted by Gasteiger charge is -2.05. The lowest BCUT2D eigenvalue weighted by Crippen LogP contribution is -2.17. The highest BCUT2D eigenvalue weighted by Gasteiger charge is 2.07. The predicted octanol–water partition coefficient (Wildman–Crippen LogP) is 0.341. The van der Waals surface area contributed by atoms with Crippen LogP contribution in [0, 0.1) is 4.77 Å². The molecule has 0 spiro atoms. The Kier molecular flexibility index (Phi) is 3.81. The van der Waals surface area contributed by atoms with E-state index in [-0.39, 0.29) is 28.4 Å². The Morgan fingerprint density at radius 3 is 2.73 bits per heavy atom. The molecule has 1 rings (SSSR count). The molecule has 0 aliphatic rings. The number of nitrogens with one attached hydrogen (secondary N) is 1. The van der Waals surface area contributed by atoms with Gasteiger partial charge >= 0.3 is 0 Å². The summed E-state index contributed by atoms with van der Waals surface area (Å²) in [6.45, 7) is 1.87. The summed E-state index contributed by atoms with van der Waals surface area (Å²) < 4.78 is 24.2. The van der Waals surface area contributed by atoms with Crippen molar-refractivity contribution in [2.45, 2.75) is 13.5 Å². The average Bonchev–Trinajstić information content (AvgIpc) is 2.16. The van der Waals surface area contributed by atoms with Crippen LogP contribution in [0.3, 0.4) is 0 Å². The van der Waals surface area contributed by atoms with E-state index in [9.17, 15) is 13.2 Å². The van der Waals surface area contributed by atoms with Gasteiger partial charge in [0.2, 0.25) is 0 Å². The standard InChI is InChI=1S/C8H12N2O3S2/c1-2-15(12,13)6-5-10-4-3-7(11)9-8(10)14/h3-4H,2,5-6H2,1H3,(H,9,11,14). The number of aromatic nitrogens is 2. The first kappa shape index (κ1) is 12.1. The molecule has 0 saturated heterocycles. The van der Waals surface area contributed by atoms with Crippen molar-refractivity contribution in [3.63, 3.8) is 0 Å². The number of sulfone groups is 1. The number of aryl methyl sites for hydroxylation is 1. The van der Waals surface area contributed by atoms with Crippen LogP contribution in [0.15, 0.2) is 17.1 Å². The average molecular weight is 248 g/mol. The molecule has 0 aliphatic carbocycles. The van der Waals surface area contributed by atoms with Gasteiger partial charge in [0.15, 0.2) is 14.6 Å². The van der Waals surface area contributed by atoms with Crippen LogP contribution >= 0.6 is 12.2 Å². The van der Waals surface area contributed by atoms with Crippen molar-refractivity contribution < 1.29 is 8.42 Å². The minimum atomic E-state index is -3.00. The Hall–Kier alpha value is -0.950. The zero-order chi connectivity index (χ0) is 11.5. The second kappa shape index (κ2) is 4.71. The zero-order valence-electron chi connectivity index (χ0n) is 8.26. The van der Waals surface area contributed by atoms with Crippen molar-refractivity contribution in [2.24, 2.45) is 0 Å². The summed E-state index contributed by atoms with van der Waals surface area (Å²) in [4.78, 5) is 13.3. The second-order valence-corrected chi connectivity index (χ2v) is 5.90. The summed E-state index contributed by atoms with van der Waals surface area (Å²) in [6, 6.07) is 1.31. The lowest BCUT2D eigenvalue weighted by atomic mass is 10.6. The quantitative estimate of drug-likeness (QED) is 0.780. The van der Waals surface area contributed by atoms with Gasteiger partial charge in [-0.05, 0) is 12.2 Å². The summed E-state index contributed by atoms with van der Waals surface area (Å²) in [5, 5.41) is 0. The van der Waals surface area contributed by atoms with E-state index < -0.39 is 9.84 Å². The molecule has 5 nitrogen and oxygen atoms in total. The highest BCUT2D eigenvalue weighted by molar-refractivity contribution is 7.91. The van der Waals surface area contributed by atoms with Crippen molar-refractivity contribution in [3.05, 3.63) is 27.4 Å². The van der Waals surface area contributed by atoms with Gasteiger partial charge < -0.3 is 4.57 Å². The molecule has 1 N–H and O–H groups in total. The van der Waals surface area contributed by atoms with E-state index in [0.717, 1.165) is 0 Å². The fourth-order valence-corrected chi connectivity index (χ4v) is 2.02. The molecule has 0 fully saturated rings. The van der Waals surface area contributed by atoms with E-state index in [0.29, 0.717) is 0 Å². The summed E-state index contributed by atoms with van der Waals surface area (Å²) in [5.74, 6) is 0.146. The van der Waals surface area contributed by atoms with Crippen LogP contribution in [-0.2, 0) is 16.4 Å². The Labute approximate surface area is 92.7 Å². The summed E-state index contributed by atoms with van der Waals surface area (Å²) in [6.07, 6.45) is 1.49. The van der Waals surface area contributed by atoms with Crippen molar-refractivity contribution >= 4 is 22.1 Å². The number of nitrogens with zero attached hydrogens (tertiary/aromatic N) is 1. The monoisotopic (exact) mass is 248 g/mol. The van der Waals surface area contributed by atoms with Crippen molar-refractivity contribution in [2.75, 3.05) is 11.5 Å². The molecule has 0 radical (unpaired) electrons. The van der Waals surface area contributed by atoms with Crippen LogP contribution in [-0.4, -0.2) is 29.5 Å². The van der Waals surface area contributed by atoms with Crippen LogP contribution < -0.4 is 5.56 Å². The van der Waals surface area contributed by atoms with Gasteiger partial charge in [-0.2, -0.15) is 0 Å². The molecule has 1 aromatic rings. The van der Waals surface area contributed by atoms with Crippen LogP contribution in [0.4, 0.5) is 0 Å². The minimum Gasteiger partial charge on any atom is -0.324 e. The molecule has 1 heterocycles. The van der Waals surface area contributed by atoms with Gasteiger partial charge in [-0.15, -0.1) is 0 Å². The largest absolute Gasteiger partial charge is 0.324 e. The molecule has 0 unspecified atom stereocenters. The maximum Gasteiger partial charge on any atom is 0.251 e. The summed E-state index contributed by atoms with van der Waals surface area (Å²) in [7, 11) is -3.00. The maximum atomic E-state index is 11.2. The van der Waals surface area contributed by atoms with Gasteiger partial charge in [0.25, 0.3) is 5.56 Å². The fraction of sp³-hybridized carbons (Fsp3) is 0.500. The Balaban J connectivity index is 2.84. The third kappa shape index (κ3) is 3.60. The van der Waals surface area contributed by atoms with Crippen LogP contribution in [0.2, 0.25) is 0 Å². The molecule has 0 saturated carbocycles. The summed E-state index contributed by atoms with van der Waals surface area (Å²) >= 11 is 4.88. The molecule has 0 aromatic carbocycles. The topological polar surface area (TPSA) is 71.9 Å². The second-order valence-electron chi connectivity index (χ2n) is 3.04. The van der Waals surface area contributed by atoms with Gasteiger partial charge in [-0.3, -0.25) is 9.78 Å². The van der Waals surface area contributed by atoms with Crippen molar-refractivity contribution in [1.29, 1.82) is 0 Å². The van der Waals surface area contributed by atoms with Gasteiger partial charge in [0.05, 0.1) is 5.75 Å². The lowest BCUT2D eigenvalue weighted by molar-refractivity contribution is 0.588. The smallest absolute Gasteiger partial charge is 0.251 e. The predicted molar refractivity (Wildman–Crippen MR) is 60.2 cm³/mol. The highest BCUT2D eigenvalue weighted by Crippen LogP contribution is 1.93. The molecular weight excluding hydrogens is 236 g/mol. The van der Waals surface area contributed by atoms with Gasteiger partial charge in [-0.25, -0.2) is 8.42 Å². The number of hydrogen-bond donors (Lipinski definition) is 1. The minimum absolute atomic E-state index is 0.0316. The van der Waals surface area contributed by atoms with E-state index in [1.165, 1.54) is 16.8 Å². The van der Waals surface area contributed by atoms with Crippen LogP contribution in [0.1, 0.15) is 6.92 Å². The molecule has 84 valence electrons. The van der Waals surface area contributed by atoms with Gasteiger partial charge in [0, 0.05) is 24.6 Å². The highest BCUT2D eigenvalue weighted by atomic mass is 32.2. The molecule has 0 bridgehead atoms. The number of aromatic amines is 1. The van der Waals surface area contributed by atoms with Gasteiger partial charge in [0.1, 0.15) is 0 Å².